The molecule has 2 N–H and O–H groups in total. The van der Waals surface area contributed by atoms with Gasteiger partial charge in [-0.3, -0.25) is 4.79 Å². The van der Waals surface area contributed by atoms with Gasteiger partial charge in [0, 0.05) is 12.2 Å². The van der Waals surface area contributed by atoms with Crippen LogP contribution >= 0.6 is 0 Å². The number of amides is 1. The molecule has 1 unspecified atom stereocenters. The maximum absolute atomic E-state index is 12.0. The monoisotopic (exact) mass is 260 g/mol. The molecule has 100 valence electrons. The summed E-state index contributed by atoms with van der Waals surface area (Å²) in [6.07, 6.45) is -1.30. The molecule has 0 radical (unpaired) electrons. The van der Waals surface area contributed by atoms with Crippen LogP contribution in [-0.4, -0.2) is 41.7 Å². The van der Waals surface area contributed by atoms with Crippen molar-refractivity contribution in [3.63, 3.8) is 0 Å². The van der Waals surface area contributed by atoms with Crippen molar-refractivity contribution < 1.29 is 23.4 Å². The van der Waals surface area contributed by atoms with Crippen LogP contribution in [0.15, 0.2) is 18.3 Å². The number of ether oxygens (including phenoxy) is 1. The highest BCUT2D eigenvalue weighted by Crippen LogP contribution is 2.15. The van der Waals surface area contributed by atoms with Gasteiger partial charge < -0.3 is 15.2 Å². The van der Waals surface area contributed by atoms with Gasteiger partial charge in [-0.25, -0.2) is 13.8 Å². The van der Waals surface area contributed by atoms with E-state index in [1.807, 2.05) is 0 Å². The Labute approximate surface area is 103 Å². The van der Waals surface area contributed by atoms with Crippen LogP contribution in [0.25, 0.3) is 0 Å². The van der Waals surface area contributed by atoms with Crippen molar-refractivity contribution in [1.29, 1.82) is 0 Å². The number of hydrogen-bond acceptors (Lipinski definition) is 4. The molecule has 1 amide bonds. The van der Waals surface area contributed by atoms with Crippen molar-refractivity contribution >= 4 is 5.91 Å². The number of rotatable bonds is 6. The Morgan fingerprint density at radius 2 is 2.33 bits per heavy atom. The molecule has 0 aliphatic rings. The summed E-state index contributed by atoms with van der Waals surface area (Å²) in [4.78, 5) is 15.5. The Bertz CT molecular complexity index is 402. The third-order valence-corrected chi connectivity index (χ3v) is 2.01. The summed E-state index contributed by atoms with van der Waals surface area (Å²) < 4.78 is 28.8. The Morgan fingerprint density at radius 3 is 2.94 bits per heavy atom. The molecule has 0 saturated carbocycles. The quantitative estimate of drug-likeness (QED) is 0.795. The highest BCUT2D eigenvalue weighted by Gasteiger charge is 2.16. The first kappa shape index (κ1) is 14.3. The van der Waals surface area contributed by atoms with Crippen LogP contribution in [0.1, 0.15) is 17.3 Å². The van der Waals surface area contributed by atoms with Crippen molar-refractivity contribution in [2.45, 2.75) is 19.4 Å². The second kappa shape index (κ2) is 6.85. The number of carbonyl (C=O) groups is 1. The summed E-state index contributed by atoms with van der Waals surface area (Å²) in [6.45, 7) is 0.556. The molecule has 1 atom stereocenters. The number of pyridine rings is 1. The lowest BCUT2D eigenvalue weighted by Crippen LogP contribution is -2.35. The van der Waals surface area contributed by atoms with Crippen molar-refractivity contribution in [1.82, 2.24) is 10.3 Å². The van der Waals surface area contributed by atoms with Crippen molar-refractivity contribution in [3.05, 3.63) is 23.9 Å². The van der Waals surface area contributed by atoms with Gasteiger partial charge in [0.15, 0.2) is 6.61 Å². The second-order valence-electron chi connectivity index (χ2n) is 3.62. The fraction of sp³-hybridized carbons (Fsp3) is 0.455. The standard InChI is InChI=1S/C11H14F2N2O3/c1-7(5-16)15-10(17)8-3-2-4-14-11(8)18-6-9(12)13/h2-4,7,9,16H,5-6H2,1H3,(H,15,17). The molecule has 0 spiro atoms. The average molecular weight is 260 g/mol. The van der Waals surface area contributed by atoms with Crippen molar-refractivity contribution in [3.8, 4) is 5.88 Å². The number of aromatic nitrogens is 1. The van der Waals surface area contributed by atoms with Gasteiger partial charge in [0.05, 0.1) is 6.61 Å². The third kappa shape index (κ3) is 4.25. The van der Waals surface area contributed by atoms with Gasteiger partial charge in [0.1, 0.15) is 5.56 Å². The number of alkyl halides is 2. The maximum atomic E-state index is 12.0. The second-order valence-corrected chi connectivity index (χ2v) is 3.62. The average Bonchev–Trinajstić information content (AvgIpc) is 2.36. The number of carbonyl (C=O) groups excluding carboxylic acids is 1. The summed E-state index contributed by atoms with van der Waals surface area (Å²) in [5.41, 5.74) is 0.0541. The van der Waals surface area contributed by atoms with Crippen LogP contribution in [0.4, 0.5) is 8.78 Å². The Hall–Kier alpha value is -1.76. The van der Waals surface area contributed by atoms with E-state index in [0.717, 1.165) is 0 Å². The van der Waals surface area contributed by atoms with Crippen LogP contribution in [0, 0.1) is 0 Å². The van der Waals surface area contributed by atoms with Gasteiger partial charge >= 0.3 is 0 Å². The minimum Gasteiger partial charge on any atom is -0.471 e. The number of aliphatic hydroxyl groups excluding tert-OH is 1. The topological polar surface area (TPSA) is 71.5 Å². The van der Waals surface area contributed by atoms with Gasteiger partial charge in [0.2, 0.25) is 5.88 Å². The molecule has 1 heterocycles. The molecule has 0 saturated heterocycles. The van der Waals surface area contributed by atoms with Crippen LogP contribution < -0.4 is 10.1 Å². The van der Waals surface area contributed by atoms with Gasteiger partial charge in [-0.2, -0.15) is 0 Å². The van der Waals surface area contributed by atoms with Crippen LogP contribution in [-0.2, 0) is 0 Å². The van der Waals surface area contributed by atoms with Gasteiger partial charge in [-0.05, 0) is 19.1 Å². The van der Waals surface area contributed by atoms with Gasteiger partial charge in [-0.1, -0.05) is 0 Å². The van der Waals surface area contributed by atoms with E-state index in [9.17, 15) is 13.6 Å². The molecule has 5 nitrogen and oxygen atoms in total. The molecule has 1 aromatic heterocycles. The van der Waals surface area contributed by atoms with Crippen molar-refractivity contribution in [2.75, 3.05) is 13.2 Å². The molecule has 18 heavy (non-hydrogen) atoms. The van der Waals surface area contributed by atoms with Crippen LogP contribution in [0.2, 0.25) is 0 Å². The molecule has 0 aromatic carbocycles. The lowest BCUT2D eigenvalue weighted by atomic mass is 10.2. The first-order valence-corrected chi connectivity index (χ1v) is 5.32. The van der Waals surface area contributed by atoms with E-state index in [-0.39, 0.29) is 18.1 Å². The highest BCUT2D eigenvalue weighted by atomic mass is 19.3. The molecule has 1 rings (SSSR count). The Balaban J connectivity index is 2.77. The van der Waals surface area contributed by atoms with Crippen LogP contribution in [0.3, 0.4) is 0 Å². The molecule has 0 fully saturated rings. The first-order chi connectivity index (χ1) is 8.54. The highest BCUT2D eigenvalue weighted by molar-refractivity contribution is 5.96. The summed E-state index contributed by atoms with van der Waals surface area (Å²) in [7, 11) is 0. The van der Waals surface area contributed by atoms with E-state index in [2.05, 4.69) is 10.3 Å². The number of nitrogens with one attached hydrogen (secondary N) is 1. The van der Waals surface area contributed by atoms with E-state index >= 15 is 0 Å². The number of hydrogen-bond donors (Lipinski definition) is 2. The first-order valence-electron chi connectivity index (χ1n) is 5.32. The fourth-order valence-corrected chi connectivity index (χ4v) is 1.17. The minimum absolute atomic E-state index is 0.0541. The zero-order valence-electron chi connectivity index (χ0n) is 9.77. The van der Waals surface area contributed by atoms with E-state index in [1.54, 1.807) is 6.92 Å². The fourth-order valence-electron chi connectivity index (χ4n) is 1.17. The summed E-state index contributed by atoms with van der Waals surface area (Å²) in [5, 5.41) is 11.3. The lowest BCUT2D eigenvalue weighted by molar-refractivity contribution is 0.0768. The smallest absolute Gasteiger partial charge is 0.272 e. The molecular formula is C11H14F2N2O3. The molecule has 0 aliphatic heterocycles. The predicted molar refractivity (Wildman–Crippen MR) is 59.8 cm³/mol. The van der Waals surface area contributed by atoms with Crippen molar-refractivity contribution in [2.24, 2.45) is 0 Å². The maximum Gasteiger partial charge on any atom is 0.272 e. The van der Waals surface area contributed by atoms with E-state index in [0.29, 0.717) is 0 Å². The molecule has 0 aliphatic carbocycles. The molecule has 0 bridgehead atoms. The number of halogens is 2. The van der Waals surface area contributed by atoms with E-state index in [4.69, 9.17) is 9.84 Å². The third-order valence-electron chi connectivity index (χ3n) is 2.01. The minimum atomic E-state index is -2.64. The van der Waals surface area contributed by atoms with Crippen LogP contribution in [0.5, 0.6) is 5.88 Å². The predicted octanol–water partition coefficient (Wildman–Crippen LogP) is 0.836. The molecule has 1 aromatic rings. The largest absolute Gasteiger partial charge is 0.471 e. The SMILES string of the molecule is CC(CO)NC(=O)c1cccnc1OCC(F)F. The molecule has 7 heteroatoms. The summed E-state index contributed by atoms with van der Waals surface area (Å²) >= 11 is 0. The summed E-state index contributed by atoms with van der Waals surface area (Å²) in [6, 6.07) is 2.46. The Kier molecular flexibility index (Phi) is 5.44. The Morgan fingerprint density at radius 1 is 1.61 bits per heavy atom. The number of nitrogens with zero attached hydrogens (tertiary/aromatic N) is 1. The zero-order chi connectivity index (χ0) is 13.5. The van der Waals surface area contributed by atoms with E-state index in [1.165, 1.54) is 18.3 Å². The summed E-state index contributed by atoms with van der Waals surface area (Å²) in [5.74, 6) is -0.686. The number of aliphatic hydroxyl groups is 1. The lowest BCUT2D eigenvalue weighted by Gasteiger charge is -2.13. The van der Waals surface area contributed by atoms with Gasteiger partial charge in [0.25, 0.3) is 12.3 Å². The molecular weight excluding hydrogens is 246 g/mol. The zero-order valence-corrected chi connectivity index (χ0v) is 9.77. The van der Waals surface area contributed by atoms with E-state index < -0.39 is 25.0 Å². The van der Waals surface area contributed by atoms with Gasteiger partial charge in [-0.15, -0.1) is 0 Å². The normalized spacial score (nSPS) is 12.3.